The van der Waals surface area contributed by atoms with E-state index in [1.165, 1.54) is 12.1 Å². The molecule has 22 heavy (non-hydrogen) atoms. The molecule has 3 rings (SSSR count). The molecule has 0 spiro atoms. The molecule has 0 aliphatic rings. The van der Waals surface area contributed by atoms with E-state index in [9.17, 15) is 22.6 Å². The lowest BCUT2D eigenvalue weighted by Gasteiger charge is -2.07. The molecule has 3 N–H and O–H groups in total. The number of fused-ring (bicyclic) bond motifs is 1. The summed E-state index contributed by atoms with van der Waals surface area (Å²) in [4.78, 5) is 27.0. The van der Waals surface area contributed by atoms with Crippen LogP contribution in [-0.4, -0.2) is 22.9 Å². The van der Waals surface area contributed by atoms with Gasteiger partial charge in [-0.05, 0) is 23.3 Å². The fraction of sp³-hybridized carbons (Fsp3) is 0. The van der Waals surface area contributed by atoms with Crippen LogP contribution in [-0.2, 0) is 10.1 Å². The Balaban J connectivity index is 2.50. The molecule has 0 radical (unpaired) electrons. The first-order chi connectivity index (χ1) is 10.4. The monoisotopic (exact) mass is 318 g/mol. The van der Waals surface area contributed by atoms with E-state index in [0.29, 0.717) is 11.1 Å². The SMILES string of the molecule is O=c1[nH]c(=O)c2c(S(=O)(=O)O)cc(-c3ccccc3)cc2[nH]1. The number of benzene rings is 2. The first-order valence-corrected chi connectivity index (χ1v) is 7.63. The van der Waals surface area contributed by atoms with Crippen LogP contribution in [0.1, 0.15) is 0 Å². The van der Waals surface area contributed by atoms with Gasteiger partial charge in [0.15, 0.2) is 0 Å². The van der Waals surface area contributed by atoms with Gasteiger partial charge in [0.2, 0.25) is 0 Å². The van der Waals surface area contributed by atoms with Crippen molar-refractivity contribution in [2.24, 2.45) is 0 Å². The molecule has 7 nitrogen and oxygen atoms in total. The second kappa shape index (κ2) is 4.93. The fourth-order valence-corrected chi connectivity index (χ4v) is 3.00. The maximum absolute atomic E-state index is 11.9. The molecule has 1 heterocycles. The predicted octanol–water partition coefficient (Wildman–Crippen LogP) is 1.13. The highest BCUT2D eigenvalue weighted by atomic mass is 32.2. The van der Waals surface area contributed by atoms with Crippen LogP contribution in [0.4, 0.5) is 0 Å². The number of aromatic nitrogens is 2. The Morgan fingerprint density at radius 1 is 0.909 bits per heavy atom. The minimum Gasteiger partial charge on any atom is -0.307 e. The summed E-state index contributed by atoms with van der Waals surface area (Å²) in [5.41, 5.74) is -0.491. The molecule has 0 amide bonds. The average molecular weight is 318 g/mol. The summed E-state index contributed by atoms with van der Waals surface area (Å²) in [7, 11) is -4.64. The minimum atomic E-state index is -4.64. The Bertz CT molecular complexity index is 1080. The Morgan fingerprint density at radius 3 is 2.23 bits per heavy atom. The van der Waals surface area contributed by atoms with Gasteiger partial charge in [-0.25, -0.2) is 4.79 Å². The first kappa shape index (κ1) is 14.2. The highest BCUT2D eigenvalue weighted by Crippen LogP contribution is 2.27. The summed E-state index contributed by atoms with van der Waals surface area (Å²) < 4.78 is 32.5. The zero-order valence-electron chi connectivity index (χ0n) is 11.0. The Labute approximate surface area is 124 Å². The molecule has 1 aromatic heterocycles. The average Bonchev–Trinajstić information content (AvgIpc) is 2.45. The summed E-state index contributed by atoms with van der Waals surface area (Å²) in [6, 6.07) is 11.5. The molecule has 0 unspecified atom stereocenters. The zero-order chi connectivity index (χ0) is 15.9. The van der Waals surface area contributed by atoms with Crippen LogP contribution in [0.2, 0.25) is 0 Å². The van der Waals surface area contributed by atoms with Gasteiger partial charge in [-0.2, -0.15) is 8.42 Å². The third-order valence-electron chi connectivity index (χ3n) is 3.19. The van der Waals surface area contributed by atoms with Crippen LogP contribution in [0, 0.1) is 0 Å². The van der Waals surface area contributed by atoms with Crippen molar-refractivity contribution >= 4 is 21.0 Å². The molecule has 0 aliphatic carbocycles. The van der Waals surface area contributed by atoms with Crippen molar-refractivity contribution < 1.29 is 13.0 Å². The van der Waals surface area contributed by atoms with Crippen LogP contribution in [0.15, 0.2) is 56.9 Å². The predicted molar refractivity (Wildman–Crippen MR) is 80.4 cm³/mol. The van der Waals surface area contributed by atoms with Gasteiger partial charge >= 0.3 is 5.69 Å². The maximum Gasteiger partial charge on any atom is 0.326 e. The summed E-state index contributed by atoms with van der Waals surface area (Å²) in [6.45, 7) is 0. The number of hydrogen-bond acceptors (Lipinski definition) is 4. The van der Waals surface area contributed by atoms with Crippen molar-refractivity contribution in [2.75, 3.05) is 0 Å². The lowest BCUT2D eigenvalue weighted by atomic mass is 10.0. The van der Waals surface area contributed by atoms with Crippen LogP contribution in [0.5, 0.6) is 0 Å². The van der Waals surface area contributed by atoms with E-state index in [0.717, 1.165) is 0 Å². The second-order valence-corrected chi connectivity index (χ2v) is 6.04. The van der Waals surface area contributed by atoms with Crippen molar-refractivity contribution in [2.45, 2.75) is 4.90 Å². The number of hydrogen-bond donors (Lipinski definition) is 3. The maximum atomic E-state index is 11.9. The van der Waals surface area contributed by atoms with Gasteiger partial charge < -0.3 is 4.98 Å². The Morgan fingerprint density at radius 2 is 1.59 bits per heavy atom. The Hall–Kier alpha value is -2.71. The lowest BCUT2D eigenvalue weighted by Crippen LogP contribution is -2.23. The van der Waals surface area contributed by atoms with Crippen LogP contribution >= 0.6 is 0 Å². The van der Waals surface area contributed by atoms with Gasteiger partial charge in [-0.1, -0.05) is 30.3 Å². The van der Waals surface area contributed by atoms with E-state index in [-0.39, 0.29) is 10.9 Å². The molecule has 0 fully saturated rings. The second-order valence-electron chi connectivity index (χ2n) is 4.65. The van der Waals surface area contributed by atoms with E-state index >= 15 is 0 Å². The molecule has 0 saturated carbocycles. The van der Waals surface area contributed by atoms with Gasteiger partial charge in [-0.3, -0.25) is 14.3 Å². The van der Waals surface area contributed by atoms with Gasteiger partial charge in [-0.15, -0.1) is 0 Å². The van der Waals surface area contributed by atoms with Crippen molar-refractivity contribution in [3.05, 3.63) is 63.3 Å². The molecule has 3 aromatic rings. The van der Waals surface area contributed by atoms with Gasteiger partial charge in [0.25, 0.3) is 15.7 Å². The number of H-pyrrole nitrogens is 2. The molecule has 0 aliphatic heterocycles. The van der Waals surface area contributed by atoms with Crippen molar-refractivity contribution in [1.29, 1.82) is 0 Å². The molecule has 8 heteroatoms. The standard InChI is InChI=1S/C14H10N2O5S/c17-13-12-10(15-14(18)16-13)6-9(7-11(12)22(19,20)21)8-4-2-1-3-5-8/h1-7H,(H,19,20,21)(H2,15,16,17,18). The van der Waals surface area contributed by atoms with Crippen molar-refractivity contribution in [1.82, 2.24) is 9.97 Å². The third-order valence-corrected chi connectivity index (χ3v) is 4.07. The summed E-state index contributed by atoms with van der Waals surface area (Å²) in [5, 5.41) is -0.290. The van der Waals surface area contributed by atoms with E-state index < -0.39 is 26.3 Å². The normalized spacial score (nSPS) is 11.7. The fourth-order valence-electron chi connectivity index (χ4n) is 2.27. The van der Waals surface area contributed by atoms with E-state index in [4.69, 9.17) is 0 Å². The van der Waals surface area contributed by atoms with Gasteiger partial charge in [0.05, 0.1) is 10.9 Å². The lowest BCUT2D eigenvalue weighted by molar-refractivity contribution is 0.484. The quantitative estimate of drug-likeness (QED) is 0.612. The van der Waals surface area contributed by atoms with E-state index in [1.807, 2.05) is 4.98 Å². The molecule has 0 atom stereocenters. The van der Waals surface area contributed by atoms with Gasteiger partial charge in [0.1, 0.15) is 4.90 Å². The van der Waals surface area contributed by atoms with E-state index in [2.05, 4.69) is 4.98 Å². The molecule has 2 aromatic carbocycles. The molecule has 112 valence electrons. The Kier molecular flexibility index (Phi) is 3.19. The van der Waals surface area contributed by atoms with E-state index in [1.54, 1.807) is 30.3 Å². The summed E-state index contributed by atoms with van der Waals surface area (Å²) >= 11 is 0. The first-order valence-electron chi connectivity index (χ1n) is 6.19. The molecular weight excluding hydrogens is 308 g/mol. The number of nitrogens with one attached hydrogen (secondary N) is 2. The number of rotatable bonds is 2. The summed E-state index contributed by atoms with van der Waals surface area (Å²) in [6.07, 6.45) is 0. The minimum absolute atomic E-state index is 0.0303. The smallest absolute Gasteiger partial charge is 0.307 e. The zero-order valence-corrected chi connectivity index (χ0v) is 11.8. The van der Waals surface area contributed by atoms with Crippen LogP contribution in [0.3, 0.4) is 0 Å². The van der Waals surface area contributed by atoms with Crippen LogP contribution in [0.25, 0.3) is 22.0 Å². The van der Waals surface area contributed by atoms with Crippen LogP contribution < -0.4 is 11.2 Å². The third kappa shape index (κ3) is 2.45. The molecular formula is C14H10N2O5S. The highest BCUT2D eigenvalue weighted by Gasteiger charge is 2.19. The van der Waals surface area contributed by atoms with Gasteiger partial charge in [0, 0.05) is 0 Å². The number of aromatic amines is 2. The topological polar surface area (TPSA) is 120 Å². The largest absolute Gasteiger partial charge is 0.326 e. The van der Waals surface area contributed by atoms with Crippen molar-refractivity contribution in [3.63, 3.8) is 0 Å². The summed E-state index contributed by atoms with van der Waals surface area (Å²) in [5.74, 6) is 0. The molecule has 0 saturated heterocycles. The molecule has 0 bridgehead atoms. The highest BCUT2D eigenvalue weighted by molar-refractivity contribution is 7.86. The van der Waals surface area contributed by atoms with Crippen molar-refractivity contribution in [3.8, 4) is 11.1 Å².